The molecule has 0 fully saturated rings. The van der Waals surface area contributed by atoms with E-state index >= 15 is 0 Å². The summed E-state index contributed by atoms with van der Waals surface area (Å²) in [4.78, 5) is 11.3. The quantitative estimate of drug-likeness (QED) is 0.693. The predicted octanol–water partition coefficient (Wildman–Crippen LogP) is 3.42. The molecule has 0 heterocycles. The maximum atomic E-state index is 11.3. The number of carbonyl (C=O) groups is 1. The van der Waals surface area contributed by atoms with E-state index < -0.39 is 0 Å². The van der Waals surface area contributed by atoms with Crippen molar-refractivity contribution in [3.8, 4) is 11.8 Å². The van der Waals surface area contributed by atoms with E-state index in [-0.39, 0.29) is 19.0 Å². The highest BCUT2D eigenvalue weighted by Gasteiger charge is 2.09. The minimum Gasteiger partial charge on any atom is -0.469 e. The fraction of sp³-hybridized carbons (Fsp3) is 0.286. The Hall–Kier alpha value is -2.57. The van der Waals surface area contributed by atoms with Crippen LogP contribution in [0.4, 0.5) is 0 Å². The van der Waals surface area contributed by atoms with E-state index in [4.69, 9.17) is 0 Å². The van der Waals surface area contributed by atoms with Crippen molar-refractivity contribution in [1.29, 1.82) is 0 Å². The second kappa shape index (κ2) is 8.33. The first-order chi connectivity index (χ1) is 11.5. The van der Waals surface area contributed by atoms with Crippen LogP contribution in [-0.2, 0) is 22.6 Å². The first kappa shape index (κ1) is 17.8. The van der Waals surface area contributed by atoms with Crippen molar-refractivity contribution in [2.75, 3.05) is 7.11 Å². The molecule has 124 valence electrons. The highest BCUT2D eigenvalue weighted by Crippen LogP contribution is 2.22. The molecule has 0 atom stereocenters. The third kappa shape index (κ3) is 4.47. The number of aliphatic hydroxyl groups excluding tert-OH is 1. The number of hydrogen-bond acceptors (Lipinski definition) is 3. The lowest BCUT2D eigenvalue weighted by molar-refractivity contribution is -0.139. The van der Waals surface area contributed by atoms with Gasteiger partial charge in [0, 0.05) is 11.1 Å². The maximum absolute atomic E-state index is 11.3. The number of hydrogen-bond donors (Lipinski definition) is 1. The van der Waals surface area contributed by atoms with Gasteiger partial charge in [-0.2, -0.15) is 0 Å². The van der Waals surface area contributed by atoms with E-state index in [1.165, 1.54) is 7.11 Å². The standard InChI is InChI=1S/C21H22O3/c1-15(2)19-6-4-5-18(20(19)14-22)12-11-16-7-9-17(10-8-16)13-21(23)24-3/h4-10,15,22H,13-14H2,1-3H3. The predicted molar refractivity (Wildman–Crippen MR) is 94.6 cm³/mol. The summed E-state index contributed by atoms with van der Waals surface area (Å²) < 4.78 is 4.66. The lowest BCUT2D eigenvalue weighted by Crippen LogP contribution is -2.04. The molecule has 0 spiro atoms. The van der Waals surface area contributed by atoms with Gasteiger partial charge in [-0.25, -0.2) is 0 Å². The number of rotatable bonds is 4. The summed E-state index contributed by atoms with van der Waals surface area (Å²) in [6.07, 6.45) is 0.259. The molecule has 2 aromatic carbocycles. The lowest BCUT2D eigenvalue weighted by Gasteiger charge is -2.12. The van der Waals surface area contributed by atoms with E-state index in [9.17, 15) is 9.90 Å². The van der Waals surface area contributed by atoms with Crippen molar-refractivity contribution >= 4 is 5.97 Å². The van der Waals surface area contributed by atoms with Crippen LogP contribution in [0.3, 0.4) is 0 Å². The first-order valence-corrected chi connectivity index (χ1v) is 7.95. The number of aliphatic hydroxyl groups is 1. The molecule has 0 aliphatic carbocycles. The fourth-order valence-corrected chi connectivity index (χ4v) is 2.52. The number of carbonyl (C=O) groups excluding carboxylic acids is 1. The summed E-state index contributed by atoms with van der Waals surface area (Å²) in [5.74, 6) is 6.35. The summed E-state index contributed by atoms with van der Waals surface area (Å²) >= 11 is 0. The minimum atomic E-state index is -0.257. The zero-order valence-electron chi connectivity index (χ0n) is 14.3. The molecule has 0 saturated heterocycles. The molecule has 0 unspecified atom stereocenters. The fourth-order valence-electron chi connectivity index (χ4n) is 2.52. The average molecular weight is 322 g/mol. The Balaban J connectivity index is 2.24. The topological polar surface area (TPSA) is 46.5 Å². The van der Waals surface area contributed by atoms with Crippen LogP contribution in [0.25, 0.3) is 0 Å². The average Bonchev–Trinajstić information content (AvgIpc) is 2.60. The van der Waals surface area contributed by atoms with Crippen LogP contribution in [0.2, 0.25) is 0 Å². The Kier molecular flexibility index (Phi) is 6.17. The van der Waals surface area contributed by atoms with Gasteiger partial charge in [0.25, 0.3) is 0 Å². The molecule has 0 amide bonds. The molecule has 0 radical (unpaired) electrons. The van der Waals surface area contributed by atoms with Crippen LogP contribution in [0, 0.1) is 11.8 Å². The Bertz CT molecular complexity index is 762. The van der Waals surface area contributed by atoms with Crippen LogP contribution in [-0.4, -0.2) is 18.2 Å². The highest BCUT2D eigenvalue weighted by atomic mass is 16.5. The second-order valence-electron chi connectivity index (χ2n) is 5.89. The summed E-state index contributed by atoms with van der Waals surface area (Å²) in [6.45, 7) is 4.19. The van der Waals surface area contributed by atoms with E-state index in [0.717, 1.165) is 27.8 Å². The van der Waals surface area contributed by atoms with E-state index in [1.54, 1.807) is 0 Å². The van der Waals surface area contributed by atoms with Gasteiger partial charge in [0.1, 0.15) is 0 Å². The van der Waals surface area contributed by atoms with Crippen molar-refractivity contribution < 1.29 is 14.6 Å². The van der Waals surface area contributed by atoms with Gasteiger partial charge in [0.05, 0.1) is 20.1 Å². The Labute approximate surface area is 143 Å². The van der Waals surface area contributed by atoms with Crippen LogP contribution in [0.1, 0.15) is 47.6 Å². The monoisotopic (exact) mass is 322 g/mol. The van der Waals surface area contributed by atoms with Crippen molar-refractivity contribution in [1.82, 2.24) is 0 Å². The van der Waals surface area contributed by atoms with Crippen molar-refractivity contribution in [2.45, 2.75) is 32.8 Å². The molecule has 2 rings (SSSR count). The third-order valence-electron chi connectivity index (χ3n) is 3.86. The number of benzene rings is 2. The summed E-state index contributed by atoms with van der Waals surface area (Å²) in [6, 6.07) is 13.4. The van der Waals surface area contributed by atoms with Crippen LogP contribution in [0.5, 0.6) is 0 Å². The van der Waals surface area contributed by atoms with Crippen LogP contribution >= 0.6 is 0 Å². The zero-order valence-corrected chi connectivity index (χ0v) is 14.3. The lowest BCUT2D eigenvalue weighted by atomic mass is 9.94. The Morgan fingerprint density at radius 2 is 1.83 bits per heavy atom. The third-order valence-corrected chi connectivity index (χ3v) is 3.86. The van der Waals surface area contributed by atoms with Gasteiger partial charge in [-0.1, -0.05) is 50.0 Å². The van der Waals surface area contributed by atoms with Gasteiger partial charge in [-0.3, -0.25) is 4.79 Å². The first-order valence-electron chi connectivity index (χ1n) is 7.95. The molecule has 0 saturated carbocycles. The largest absolute Gasteiger partial charge is 0.469 e. The normalized spacial score (nSPS) is 10.2. The van der Waals surface area contributed by atoms with E-state index in [2.05, 4.69) is 30.4 Å². The van der Waals surface area contributed by atoms with E-state index in [1.807, 2.05) is 42.5 Å². The molecule has 0 bridgehead atoms. The molecular weight excluding hydrogens is 300 g/mol. The molecule has 0 aromatic heterocycles. The Morgan fingerprint density at radius 3 is 2.42 bits per heavy atom. The number of ether oxygens (including phenoxy) is 1. The van der Waals surface area contributed by atoms with Gasteiger partial charge in [0.2, 0.25) is 0 Å². The summed E-state index contributed by atoms with van der Waals surface area (Å²) in [5, 5.41) is 9.68. The van der Waals surface area contributed by atoms with Gasteiger partial charge in [-0.05, 0) is 40.8 Å². The van der Waals surface area contributed by atoms with Crippen molar-refractivity contribution in [2.24, 2.45) is 0 Å². The molecule has 3 heteroatoms. The second-order valence-corrected chi connectivity index (χ2v) is 5.89. The summed E-state index contributed by atoms with van der Waals surface area (Å²) in [7, 11) is 1.38. The van der Waals surface area contributed by atoms with Gasteiger partial charge in [0.15, 0.2) is 0 Å². The SMILES string of the molecule is COC(=O)Cc1ccc(C#Cc2cccc(C(C)C)c2CO)cc1. The molecule has 2 aromatic rings. The Morgan fingerprint density at radius 1 is 1.12 bits per heavy atom. The van der Waals surface area contributed by atoms with Crippen molar-refractivity contribution in [3.63, 3.8) is 0 Å². The van der Waals surface area contributed by atoms with Gasteiger partial charge >= 0.3 is 5.97 Å². The van der Waals surface area contributed by atoms with Crippen molar-refractivity contribution in [3.05, 3.63) is 70.3 Å². The number of esters is 1. The molecular formula is C21H22O3. The summed E-state index contributed by atoms with van der Waals surface area (Å²) in [5.41, 5.74) is 4.62. The van der Waals surface area contributed by atoms with Crippen LogP contribution < -0.4 is 0 Å². The van der Waals surface area contributed by atoms with Gasteiger partial charge < -0.3 is 9.84 Å². The molecule has 3 nitrogen and oxygen atoms in total. The zero-order chi connectivity index (χ0) is 17.5. The van der Waals surface area contributed by atoms with Crippen LogP contribution in [0.15, 0.2) is 42.5 Å². The molecule has 1 N–H and O–H groups in total. The van der Waals surface area contributed by atoms with E-state index in [0.29, 0.717) is 5.92 Å². The molecule has 0 aliphatic rings. The number of methoxy groups -OCH3 is 1. The van der Waals surface area contributed by atoms with Gasteiger partial charge in [-0.15, -0.1) is 0 Å². The minimum absolute atomic E-state index is 0.0174. The maximum Gasteiger partial charge on any atom is 0.309 e. The highest BCUT2D eigenvalue weighted by molar-refractivity contribution is 5.72. The molecule has 24 heavy (non-hydrogen) atoms. The smallest absolute Gasteiger partial charge is 0.309 e. The molecule has 0 aliphatic heterocycles.